The number of halogens is 1. The molecule has 1 amide bonds. The van der Waals surface area contributed by atoms with Gasteiger partial charge in [-0.2, -0.15) is 0 Å². The van der Waals surface area contributed by atoms with Crippen molar-refractivity contribution in [3.05, 3.63) is 74.4 Å². The number of fused-ring (bicyclic) bond motifs is 3. The molecule has 0 saturated carbocycles. The first-order valence-corrected chi connectivity index (χ1v) is 13.7. The fourth-order valence-corrected chi connectivity index (χ4v) is 6.10. The molecule has 40 heavy (non-hydrogen) atoms. The fourth-order valence-electron chi connectivity index (χ4n) is 5.75. The van der Waals surface area contributed by atoms with E-state index in [1.165, 1.54) is 27.4 Å². The summed E-state index contributed by atoms with van der Waals surface area (Å²) in [7, 11) is 6.04. The Bertz CT molecular complexity index is 1500. The third-order valence-corrected chi connectivity index (χ3v) is 8.09. The van der Waals surface area contributed by atoms with Gasteiger partial charge in [0.1, 0.15) is 0 Å². The molecule has 3 aromatic carbocycles. The molecule has 1 atom stereocenters. The second-order valence-electron chi connectivity index (χ2n) is 9.86. The molecule has 8 nitrogen and oxygen atoms in total. The molecule has 1 N–H and O–H groups in total. The minimum Gasteiger partial charge on any atom is -0.493 e. The Morgan fingerprint density at radius 1 is 0.925 bits per heavy atom. The van der Waals surface area contributed by atoms with Crippen molar-refractivity contribution in [2.24, 2.45) is 0 Å². The van der Waals surface area contributed by atoms with Crippen molar-refractivity contribution < 1.29 is 23.7 Å². The third-order valence-electron chi connectivity index (χ3n) is 7.69. The van der Waals surface area contributed by atoms with E-state index in [0.717, 1.165) is 37.2 Å². The van der Waals surface area contributed by atoms with Crippen molar-refractivity contribution >= 4 is 23.2 Å². The first kappa shape index (κ1) is 27.6. The lowest BCUT2D eigenvalue weighted by molar-refractivity contribution is 0.0935. The monoisotopic (exact) mass is 564 g/mol. The van der Waals surface area contributed by atoms with E-state index in [1.54, 1.807) is 19.2 Å². The molecular weight excluding hydrogens is 532 g/mol. The first-order chi connectivity index (χ1) is 19.4. The molecule has 9 heteroatoms. The zero-order valence-corrected chi connectivity index (χ0v) is 23.9. The molecule has 1 aliphatic carbocycles. The van der Waals surface area contributed by atoms with Crippen molar-refractivity contribution in [2.75, 3.05) is 46.4 Å². The molecule has 1 heterocycles. The van der Waals surface area contributed by atoms with Crippen molar-refractivity contribution in [1.82, 2.24) is 5.32 Å². The van der Waals surface area contributed by atoms with Gasteiger partial charge in [0.15, 0.2) is 17.2 Å². The first-order valence-electron chi connectivity index (χ1n) is 13.3. The molecule has 1 fully saturated rings. The third kappa shape index (κ3) is 4.92. The van der Waals surface area contributed by atoms with Crippen LogP contribution in [0.15, 0.2) is 47.3 Å². The smallest absolute Gasteiger partial charge is 0.251 e. The van der Waals surface area contributed by atoms with Crippen LogP contribution >= 0.6 is 11.6 Å². The Balaban J connectivity index is 1.64. The van der Waals surface area contributed by atoms with Crippen LogP contribution in [0, 0.1) is 0 Å². The number of nitrogens with zero attached hydrogens (tertiary/aromatic N) is 1. The number of carbonyl (C=O) groups is 1. The molecule has 0 aromatic heterocycles. The highest BCUT2D eigenvalue weighted by molar-refractivity contribution is 6.34. The van der Waals surface area contributed by atoms with Crippen LogP contribution in [0.2, 0.25) is 5.02 Å². The van der Waals surface area contributed by atoms with Crippen LogP contribution in [0.5, 0.6) is 23.0 Å². The number of anilines is 1. The molecule has 1 aliphatic heterocycles. The number of carbonyl (C=O) groups excluding carboxylic acids is 1. The number of hydrogen-bond donors (Lipinski definition) is 1. The zero-order chi connectivity index (χ0) is 28.4. The lowest BCUT2D eigenvalue weighted by atomic mass is 9.95. The summed E-state index contributed by atoms with van der Waals surface area (Å²) in [6.07, 6.45) is 3.28. The van der Waals surface area contributed by atoms with Crippen LogP contribution in [0.4, 0.5) is 5.69 Å². The largest absolute Gasteiger partial charge is 0.493 e. The SMILES string of the molecule is COc1c(Cl)c2c(c(OC)c1OC)-c1ccc(OC)c(=O)cc1[C@@H](NC(=O)c1cccc(N3CCCC3)c1)CC2. The summed E-state index contributed by atoms with van der Waals surface area (Å²) in [6.45, 7) is 1.97. The van der Waals surface area contributed by atoms with Gasteiger partial charge in [0.25, 0.3) is 5.91 Å². The topological polar surface area (TPSA) is 86.3 Å². The maximum Gasteiger partial charge on any atom is 0.251 e. The summed E-state index contributed by atoms with van der Waals surface area (Å²) in [5.41, 5.74) is 4.09. The van der Waals surface area contributed by atoms with Crippen LogP contribution in [-0.2, 0) is 6.42 Å². The molecule has 0 radical (unpaired) electrons. The zero-order valence-electron chi connectivity index (χ0n) is 23.1. The highest BCUT2D eigenvalue weighted by Gasteiger charge is 2.32. The van der Waals surface area contributed by atoms with Gasteiger partial charge >= 0.3 is 0 Å². The summed E-state index contributed by atoms with van der Waals surface area (Å²) in [4.78, 5) is 29.1. The molecule has 0 spiro atoms. The van der Waals surface area contributed by atoms with E-state index < -0.39 is 6.04 Å². The molecule has 5 rings (SSSR count). The maximum absolute atomic E-state index is 13.6. The number of benzene rings is 2. The Hall–Kier alpha value is -3.91. The Morgan fingerprint density at radius 3 is 2.33 bits per heavy atom. The van der Waals surface area contributed by atoms with Crippen LogP contribution in [0.1, 0.15) is 46.8 Å². The van der Waals surface area contributed by atoms with Crippen LogP contribution in [0.25, 0.3) is 11.1 Å². The molecule has 1 saturated heterocycles. The number of nitrogens with one attached hydrogen (secondary N) is 1. The number of rotatable bonds is 7. The van der Waals surface area contributed by atoms with Crippen molar-refractivity contribution in [3.63, 3.8) is 0 Å². The van der Waals surface area contributed by atoms with Gasteiger partial charge in [0.05, 0.1) is 39.5 Å². The summed E-state index contributed by atoms with van der Waals surface area (Å²) < 4.78 is 22.5. The fraction of sp³-hybridized carbons (Fsp3) is 0.355. The quantitative estimate of drug-likeness (QED) is 0.410. The summed E-state index contributed by atoms with van der Waals surface area (Å²) in [6, 6.07) is 12.1. The van der Waals surface area contributed by atoms with E-state index in [9.17, 15) is 9.59 Å². The summed E-state index contributed by atoms with van der Waals surface area (Å²) in [5, 5.41) is 3.59. The van der Waals surface area contributed by atoms with E-state index in [2.05, 4.69) is 10.2 Å². The normalized spacial score (nSPS) is 15.9. The molecular formula is C31H33ClN2O6. The maximum atomic E-state index is 13.6. The van der Waals surface area contributed by atoms with E-state index in [-0.39, 0.29) is 17.1 Å². The number of amides is 1. The minimum absolute atomic E-state index is 0.184. The van der Waals surface area contributed by atoms with Gasteiger partial charge in [0, 0.05) is 29.9 Å². The molecule has 0 bridgehead atoms. The number of methoxy groups -OCH3 is 4. The van der Waals surface area contributed by atoms with Crippen LogP contribution < -0.4 is 34.6 Å². The average Bonchev–Trinajstić information content (AvgIpc) is 3.41. The Morgan fingerprint density at radius 2 is 1.65 bits per heavy atom. The van der Waals surface area contributed by atoms with Gasteiger partial charge in [-0.1, -0.05) is 23.7 Å². The van der Waals surface area contributed by atoms with Gasteiger partial charge in [0.2, 0.25) is 11.2 Å². The Kier molecular flexibility index (Phi) is 8.07. The highest BCUT2D eigenvalue weighted by atomic mass is 35.5. The van der Waals surface area contributed by atoms with E-state index >= 15 is 0 Å². The lowest BCUT2D eigenvalue weighted by Crippen LogP contribution is -2.29. The van der Waals surface area contributed by atoms with Gasteiger partial charge in [-0.25, -0.2) is 0 Å². The number of hydrogen-bond acceptors (Lipinski definition) is 7. The van der Waals surface area contributed by atoms with Crippen LogP contribution in [-0.4, -0.2) is 47.4 Å². The standard InChI is InChI=1S/C31H33ClN2O6/c1-37-25-13-11-20-22(17-24(25)35)23(33-31(36)18-8-7-9-19(16-18)34-14-5-6-15-34)12-10-21-26(20)28(38-2)30(40-4)29(39-3)27(21)32/h7-9,11,13,16-17,23H,5-6,10,12,14-15H2,1-4H3,(H,33,36)/t23-/m0/s1. The predicted molar refractivity (Wildman–Crippen MR) is 156 cm³/mol. The second-order valence-corrected chi connectivity index (χ2v) is 10.2. The van der Waals surface area contributed by atoms with E-state index in [1.807, 2.05) is 24.3 Å². The lowest BCUT2D eigenvalue weighted by Gasteiger charge is -2.21. The average molecular weight is 565 g/mol. The molecule has 0 unspecified atom stereocenters. The van der Waals surface area contributed by atoms with Crippen molar-refractivity contribution in [2.45, 2.75) is 31.7 Å². The van der Waals surface area contributed by atoms with Crippen LogP contribution in [0.3, 0.4) is 0 Å². The minimum atomic E-state index is -0.493. The summed E-state index contributed by atoms with van der Waals surface area (Å²) in [5.74, 6) is 1.11. The summed E-state index contributed by atoms with van der Waals surface area (Å²) >= 11 is 6.89. The Labute approximate surface area is 238 Å². The van der Waals surface area contributed by atoms with Gasteiger partial charge in [-0.3, -0.25) is 9.59 Å². The van der Waals surface area contributed by atoms with Crippen molar-refractivity contribution in [1.29, 1.82) is 0 Å². The van der Waals surface area contributed by atoms with Gasteiger partial charge < -0.3 is 29.2 Å². The number of ether oxygens (including phenoxy) is 4. The molecule has 2 aliphatic rings. The van der Waals surface area contributed by atoms with Gasteiger partial charge in [-0.05, 0) is 72.7 Å². The van der Waals surface area contributed by atoms with E-state index in [0.29, 0.717) is 57.4 Å². The molecule has 3 aromatic rings. The second kappa shape index (κ2) is 11.7. The van der Waals surface area contributed by atoms with Gasteiger partial charge in [-0.15, -0.1) is 0 Å². The van der Waals surface area contributed by atoms with E-state index in [4.69, 9.17) is 30.5 Å². The molecule has 210 valence electrons. The van der Waals surface area contributed by atoms with Crippen molar-refractivity contribution in [3.8, 4) is 34.1 Å². The highest BCUT2D eigenvalue weighted by Crippen LogP contribution is 2.54. The predicted octanol–water partition coefficient (Wildman–Crippen LogP) is 5.42.